The van der Waals surface area contributed by atoms with E-state index in [0.717, 1.165) is 0 Å². The predicted molar refractivity (Wildman–Crippen MR) is 72.9 cm³/mol. The van der Waals surface area contributed by atoms with Crippen molar-refractivity contribution in [2.24, 2.45) is 0 Å². The summed E-state index contributed by atoms with van der Waals surface area (Å²) < 4.78 is 18.1. The first-order valence-electron chi connectivity index (χ1n) is 5.58. The Morgan fingerprint density at radius 3 is 2.61 bits per heavy atom. The molecule has 1 amide bonds. The zero-order valence-electron chi connectivity index (χ0n) is 10.9. The Bertz CT molecular complexity index is 447. The molecule has 0 aromatic heterocycles. The Morgan fingerprint density at radius 1 is 1.50 bits per heavy atom. The van der Waals surface area contributed by atoms with Crippen molar-refractivity contribution in [3.63, 3.8) is 0 Å². The molecule has 1 unspecified atom stereocenters. The van der Waals surface area contributed by atoms with Crippen LogP contribution in [0.15, 0.2) is 18.2 Å². The van der Waals surface area contributed by atoms with Gasteiger partial charge in [-0.2, -0.15) is 0 Å². The molecule has 0 saturated heterocycles. The Kier molecular flexibility index (Phi) is 4.73. The third kappa shape index (κ3) is 3.45. The second kappa shape index (κ2) is 5.69. The number of hydrogen-bond acceptors (Lipinski definition) is 2. The highest BCUT2D eigenvalue weighted by Gasteiger charge is 2.26. The number of carbonyl (C=O) groups is 1. The number of halogens is 2. The molecule has 0 aliphatic rings. The smallest absolute Gasteiger partial charge is 0.251 e. The van der Waals surface area contributed by atoms with Gasteiger partial charge < -0.3 is 10.1 Å². The molecule has 1 rings (SSSR count). The first-order valence-corrected chi connectivity index (χ1v) is 6.49. The van der Waals surface area contributed by atoms with Crippen LogP contribution in [0.4, 0.5) is 4.39 Å². The molecule has 1 aromatic rings. The third-order valence-electron chi connectivity index (χ3n) is 2.84. The second-order valence-electron chi connectivity index (χ2n) is 4.64. The number of methoxy groups -OCH3 is 1. The quantitative estimate of drug-likeness (QED) is 0.866. The summed E-state index contributed by atoms with van der Waals surface area (Å²) in [4.78, 5) is 12.1. The zero-order valence-corrected chi connectivity index (χ0v) is 12.5. The van der Waals surface area contributed by atoms with Crippen LogP contribution in [0.5, 0.6) is 5.75 Å². The number of alkyl halides is 1. The molecule has 0 radical (unpaired) electrons. The number of hydrogen-bond donors (Lipinski definition) is 1. The highest BCUT2D eigenvalue weighted by Crippen LogP contribution is 2.20. The van der Waals surface area contributed by atoms with E-state index in [2.05, 4.69) is 21.2 Å². The van der Waals surface area contributed by atoms with Crippen LogP contribution in [0.1, 0.15) is 31.1 Å². The van der Waals surface area contributed by atoms with Crippen LogP contribution in [-0.4, -0.2) is 23.4 Å². The van der Waals surface area contributed by atoms with Gasteiger partial charge in [0.05, 0.1) is 7.11 Å². The van der Waals surface area contributed by atoms with E-state index in [1.165, 1.54) is 25.3 Å². The van der Waals surface area contributed by atoms with Gasteiger partial charge in [-0.3, -0.25) is 4.79 Å². The van der Waals surface area contributed by atoms with Gasteiger partial charge in [0.2, 0.25) is 0 Å². The van der Waals surface area contributed by atoms with Crippen molar-refractivity contribution in [1.29, 1.82) is 0 Å². The lowest BCUT2D eigenvalue weighted by atomic mass is 10.0. The fourth-order valence-corrected chi connectivity index (χ4v) is 1.38. The van der Waals surface area contributed by atoms with E-state index >= 15 is 0 Å². The van der Waals surface area contributed by atoms with Crippen LogP contribution in [-0.2, 0) is 0 Å². The van der Waals surface area contributed by atoms with Gasteiger partial charge in [0.1, 0.15) is 0 Å². The first-order chi connectivity index (χ1) is 8.27. The van der Waals surface area contributed by atoms with E-state index in [9.17, 15) is 9.18 Å². The van der Waals surface area contributed by atoms with E-state index in [-0.39, 0.29) is 16.5 Å². The Labute approximate surface area is 115 Å². The van der Waals surface area contributed by atoms with E-state index in [0.29, 0.717) is 5.56 Å². The number of ether oxygens (including phenoxy) is 1. The molecule has 0 aliphatic heterocycles. The lowest BCUT2D eigenvalue weighted by Gasteiger charge is -2.29. The van der Waals surface area contributed by atoms with Crippen molar-refractivity contribution in [2.75, 3.05) is 7.11 Å². The van der Waals surface area contributed by atoms with Gasteiger partial charge in [-0.05, 0) is 32.0 Å². The zero-order chi connectivity index (χ0) is 13.9. The van der Waals surface area contributed by atoms with Crippen molar-refractivity contribution in [3.05, 3.63) is 29.6 Å². The van der Waals surface area contributed by atoms with Crippen LogP contribution >= 0.6 is 15.9 Å². The molecule has 100 valence electrons. The molecule has 5 heteroatoms. The van der Waals surface area contributed by atoms with E-state index in [1.54, 1.807) is 0 Å². The number of rotatable bonds is 4. The summed E-state index contributed by atoms with van der Waals surface area (Å²) in [5.41, 5.74) is -0.0342. The van der Waals surface area contributed by atoms with Gasteiger partial charge in [0.25, 0.3) is 5.91 Å². The first kappa shape index (κ1) is 15.0. The minimum absolute atomic E-state index is 0.0624. The molecule has 0 fully saturated rings. The van der Waals surface area contributed by atoms with Crippen molar-refractivity contribution in [1.82, 2.24) is 5.32 Å². The van der Waals surface area contributed by atoms with Crippen LogP contribution in [0, 0.1) is 5.82 Å². The Morgan fingerprint density at radius 2 is 2.11 bits per heavy atom. The molecule has 1 atom stereocenters. The third-order valence-corrected chi connectivity index (χ3v) is 3.99. The lowest BCUT2D eigenvalue weighted by molar-refractivity contribution is 0.0913. The summed E-state index contributed by atoms with van der Waals surface area (Å²) in [6, 6.07) is 4.04. The van der Waals surface area contributed by atoms with Crippen molar-refractivity contribution >= 4 is 21.8 Å². The molecule has 1 N–H and O–H groups in total. The Hall–Kier alpha value is -1.10. The highest BCUT2D eigenvalue weighted by molar-refractivity contribution is 9.09. The fourth-order valence-electron chi connectivity index (χ4n) is 1.27. The maximum absolute atomic E-state index is 13.2. The van der Waals surface area contributed by atoms with Crippen LogP contribution in [0.3, 0.4) is 0 Å². The molecule has 0 spiro atoms. The van der Waals surface area contributed by atoms with Gasteiger partial charge in [0, 0.05) is 15.9 Å². The fraction of sp³-hybridized carbons (Fsp3) is 0.462. The number of amides is 1. The average Bonchev–Trinajstić information content (AvgIpc) is 2.28. The SMILES string of the molecule is COc1cc(C(=O)NC(C)(C)C(C)Br)ccc1F. The monoisotopic (exact) mass is 317 g/mol. The van der Waals surface area contributed by atoms with Crippen molar-refractivity contribution in [2.45, 2.75) is 31.1 Å². The molecule has 0 heterocycles. The minimum Gasteiger partial charge on any atom is -0.494 e. The maximum atomic E-state index is 13.2. The summed E-state index contributed by atoms with van der Waals surface area (Å²) in [5, 5.41) is 2.88. The number of nitrogens with one attached hydrogen (secondary N) is 1. The summed E-state index contributed by atoms with van der Waals surface area (Å²) in [6.45, 7) is 5.77. The molecule has 0 bridgehead atoms. The highest BCUT2D eigenvalue weighted by atomic mass is 79.9. The molecule has 3 nitrogen and oxygen atoms in total. The second-order valence-corrected chi connectivity index (χ2v) is 6.01. The van der Waals surface area contributed by atoms with E-state index < -0.39 is 11.4 Å². The average molecular weight is 318 g/mol. The van der Waals surface area contributed by atoms with Gasteiger partial charge in [-0.15, -0.1) is 0 Å². The normalized spacial score (nSPS) is 13.0. The lowest BCUT2D eigenvalue weighted by Crippen LogP contribution is -2.48. The largest absolute Gasteiger partial charge is 0.494 e. The molecule has 0 saturated carbocycles. The van der Waals surface area contributed by atoms with Crippen LogP contribution in [0.25, 0.3) is 0 Å². The molecule has 0 aliphatic carbocycles. The van der Waals surface area contributed by atoms with E-state index in [1.807, 2.05) is 20.8 Å². The van der Waals surface area contributed by atoms with Crippen molar-refractivity contribution < 1.29 is 13.9 Å². The maximum Gasteiger partial charge on any atom is 0.251 e. The molecular weight excluding hydrogens is 301 g/mol. The topological polar surface area (TPSA) is 38.3 Å². The van der Waals surface area contributed by atoms with Gasteiger partial charge in [-0.1, -0.05) is 22.9 Å². The minimum atomic E-state index is -0.484. The molecule has 1 aromatic carbocycles. The predicted octanol–water partition coefficient (Wildman–Crippen LogP) is 3.13. The number of carbonyl (C=O) groups excluding carboxylic acids is 1. The number of benzene rings is 1. The summed E-state index contributed by atoms with van der Waals surface area (Å²) in [6.07, 6.45) is 0. The van der Waals surface area contributed by atoms with Crippen LogP contribution < -0.4 is 10.1 Å². The van der Waals surface area contributed by atoms with Gasteiger partial charge in [-0.25, -0.2) is 4.39 Å². The van der Waals surface area contributed by atoms with Gasteiger partial charge in [0.15, 0.2) is 11.6 Å². The molecule has 18 heavy (non-hydrogen) atoms. The molecular formula is C13H17BrFNO2. The van der Waals surface area contributed by atoms with Crippen molar-refractivity contribution in [3.8, 4) is 5.75 Å². The summed E-state index contributed by atoms with van der Waals surface area (Å²) in [7, 11) is 1.37. The summed E-state index contributed by atoms with van der Waals surface area (Å²) >= 11 is 3.44. The van der Waals surface area contributed by atoms with Gasteiger partial charge >= 0.3 is 0 Å². The van der Waals surface area contributed by atoms with Crippen LogP contribution in [0.2, 0.25) is 0 Å². The standard InChI is InChI=1S/C13H17BrFNO2/c1-8(14)13(2,3)16-12(17)9-5-6-10(15)11(7-9)18-4/h5-8H,1-4H3,(H,16,17). The summed E-state index contributed by atoms with van der Waals surface area (Å²) in [5.74, 6) is -0.681. The van der Waals surface area contributed by atoms with E-state index in [4.69, 9.17) is 4.74 Å². The Balaban J connectivity index is 2.92.